The van der Waals surface area contributed by atoms with Gasteiger partial charge in [-0.25, -0.2) is 4.79 Å². The van der Waals surface area contributed by atoms with Gasteiger partial charge in [0.2, 0.25) is 5.91 Å². The number of aliphatic carboxylic acids is 1. The standard InChI is InChI=1S/C10H15N3O4/c1-13-5-3-8(12-13)2-4-11-9(14)6-17-7-10(15)16/h3,5H,2,4,6-7H2,1H3,(H,11,14)(H,15,16). The minimum atomic E-state index is -1.09. The lowest BCUT2D eigenvalue weighted by Gasteiger charge is -2.03. The van der Waals surface area contributed by atoms with Crippen LogP contribution in [0.25, 0.3) is 0 Å². The molecule has 0 radical (unpaired) electrons. The van der Waals surface area contributed by atoms with Gasteiger partial charge in [-0.05, 0) is 6.07 Å². The topological polar surface area (TPSA) is 93.5 Å². The fraction of sp³-hybridized carbons (Fsp3) is 0.500. The van der Waals surface area contributed by atoms with Crippen LogP contribution < -0.4 is 5.32 Å². The number of hydrogen-bond acceptors (Lipinski definition) is 4. The van der Waals surface area contributed by atoms with Crippen LogP contribution >= 0.6 is 0 Å². The number of nitrogens with one attached hydrogen (secondary N) is 1. The van der Waals surface area contributed by atoms with Crippen LogP contribution in [0.15, 0.2) is 12.3 Å². The molecule has 0 unspecified atom stereocenters. The lowest BCUT2D eigenvalue weighted by atomic mass is 10.3. The van der Waals surface area contributed by atoms with Crippen molar-refractivity contribution in [2.45, 2.75) is 6.42 Å². The second kappa shape index (κ2) is 6.64. The molecule has 1 rings (SSSR count). The van der Waals surface area contributed by atoms with Crippen molar-refractivity contribution in [1.82, 2.24) is 15.1 Å². The Morgan fingerprint density at radius 3 is 2.88 bits per heavy atom. The number of rotatable bonds is 7. The Morgan fingerprint density at radius 1 is 1.53 bits per heavy atom. The number of carboxylic acid groups (broad SMARTS) is 1. The normalized spacial score (nSPS) is 10.2. The molecule has 0 spiro atoms. The smallest absolute Gasteiger partial charge is 0.329 e. The molecule has 0 bridgehead atoms. The molecule has 1 amide bonds. The Morgan fingerprint density at radius 2 is 2.29 bits per heavy atom. The highest BCUT2D eigenvalue weighted by atomic mass is 16.5. The molecule has 7 nitrogen and oxygen atoms in total. The summed E-state index contributed by atoms with van der Waals surface area (Å²) in [4.78, 5) is 21.3. The van der Waals surface area contributed by atoms with E-state index in [-0.39, 0.29) is 12.5 Å². The first-order valence-corrected chi connectivity index (χ1v) is 5.12. The summed E-state index contributed by atoms with van der Waals surface area (Å²) < 4.78 is 6.32. The van der Waals surface area contributed by atoms with Crippen molar-refractivity contribution in [3.63, 3.8) is 0 Å². The first kappa shape index (κ1) is 13.2. The van der Waals surface area contributed by atoms with Gasteiger partial charge in [0.15, 0.2) is 0 Å². The Bertz CT molecular complexity index is 389. The van der Waals surface area contributed by atoms with E-state index in [9.17, 15) is 9.59 Å². The van der Waals surface area contributed by atoms with Gasteiger partial charge in [-0.3, -0.25) is 9.48 Å². The van der Waals surface area contributed by atoms with Gasteiger partial charge < -0.3 is 15.2 Å². The van der Waals surface area contributed by atoms with E-state index >= 15 is 0 Å². The van der Waals surface area contributed by atoms with Crippen molar-refractivity contribution in [2.75, 3.05) is 19.8 Å². The van der Waals surface area contributed by atoms with Gasteiger partial charge in [0.05, 0.1) is 5.69 Å². The highest BCUT2D eigenvalue weighted by Gasteiger charge is 2.03. The molecule has 2 N–H and O–H groups in total. The van der Waals surface area contributed by atoms with Crippen molar-refractivity contribution in [1.29, 1.82) is 0 Å². The summed E-state index contributed by atoms with van der Waals surface area (Å²) in [6, 6.07) is 1.87. The number of carbonyl (C=O) groups is 2. The van der Waals surface area contributed by atoms with Crippen LogP contribution in [0.3, 0.4) is 0 Å². The summed E-state index contributed by atoms with van der Waals surface area (Å²) in [6.45, 7) is -0.255. The van der Waals surface area contributed by atoms with E-state index in [0.29, 0.717) is 13.0 Å². The number of amides is 1. The minimum absolute atomic E-state index is 0.242. The van der Waals surface area contributed by atoms with Crippen LogP contribution in [-0.4, -0.2) is 46.5 Å². The van der Waals surface area contributed by atoms with Gasteiger partial charge in [-0.1, -0.05) is 0 Å². The zero-order chi connectivity index (χ0) is 12.7. The molecule has 94 valence electrons. The fourth-order valence-corrected chi connectivity index (χ4v) is 1.21. The number of aromatic nitrogens is 2. The predicted octanol–water partition coefficient (Wildman–Crippen LogP) is -0.820. The van der Waals surface area contributed by atoms with Gasteiger partial charge in [-0.15, -0.1) is 0 Å². The summed E-state index contributed by atoms with van der Waals surface area (Å²) in [5.74, 6) is -1.42. The zero-order valence-electron chi connectivity index (χ0n) is 9.55. The van der Waals surface area contributed by atoms with Crippen molar-refractivity contribution in [3.05, 3.63) is 18.0 Å². The number of hydrogen-bond donors (Lipinski definition) is 2. The number of carbonyl (C=O) groups excluding carboxylic acids is 1. The van der Waals surface area contributed by atoms with Crippen LogP contribution in [-0.2, 0) is 27.8 Å². The summed E-state index contributed by atoms with van der Waals surface area (Å²) in [6.07, 6.45) is 2.46. The molecular weight excluding hydrogens is 226 g/mol. The van der Waals surface area contributed by atoms with E-state index in [1.165, 1.54) is 0 Å². The van der Waals surface area contributed by atoms with Crippen molar-refractivity contribution >= 4 is 11.9 Å². The van der Waals surface area contributed by atoms with Crippen molar-refractivity contribution < 1.29 is 19.4 Å². The Labute approximate surface area is 98.4 Å². The second-order valence-electron chi connectivity index (χ2n) is 3.47. The molecule has 7 heteroatoms. The van der Waals surface area contributed by atoms with Crippen molar-refractivity contribution in [3.8, 4) is 0 Å². The SMILES string of the molecule is Cn1ccc(CCNC(=O)COCC(=O)O)n1. The first-order chi connectivity index (χ1) is 8.08. The quantitative estimate of drug-likeness (QED) is 0.650. The summed E-state index contributed by atoms with van der Waals surface area (Å²) in [7, 11) is 1.82. The molecule has 0 aromatic carbocycles. The van der Waals surface area contributed by atoms with E-state index in [2.05, 4.69) is 15.2 Å². The lowest BCUT2D eigenvalue weighted by Crippen LogP contribution is -2.30. The highest BCUT2D eigenvalue weighted by molar-refractivity contribution is 5.77. The van der Waals surface area contributed by atoms with Gasteiger partial charge in [0.1, 0.15) is 13.2 Å². The Hall–Kier alpha value is -1.89. The molecule has 0 aliphatic heterocycles. The molecule has 1 heterocycles. The molecule has 0 aliphatic carbocycles. The maximum Gasteiger partial charge on any atom is 0.329 e. The summed E-state index contributed by atoms with van der Waals surface area (Å²) in [5.41, 5.74) is 0.888. The number of nitrogens with zero attached hydrogens (tertiary/aromatic N) is 2. The Balaban J connectivity index is 2.10. The minimum Gasteiger partial charge on any atom is -0.480 e. The van der Waals surface area contributed by atoms with E-state index in [4.69, 9.17) is 5.11 Å². The molecule has 0 saturated heterocycles. The third-order valence-corrected chi connectivity index (χ3v) is 1.93. The van der Waals surface area contributed by atoms with E-state index in [0.717, 1.165) is 5.69 Å². The number of ether oxygens (including phenoxy) is 1. The number of carboxylic acids is 1. The molecule has 1 aromatic rings. The van der Waals surface area contributed by atoms with Gasteiger partial charge in [-0.2, -0.15) is 5.10 Å². The molecule has 17 heavy (non-hydrogen) atoms. The van der Waals surface area contributed by atoms with Crippen LogP contribution in [0.4, 0.5) is 0 Å². The lowest BCUT2D eigenvalue weighted by molar-refractivity contribution is -0.143. The summed E-state index contributed by atoms with van der Waals surface area (Å²) >= 11 is 0. The molecule has 1 aromatic heterocycles. The second-order valence-corrected chi connectivity index (χ2v) is 3.47. The van der Waals surface area contributed by atoms with Crippen LogP contribution in [0.1, 0.15) is 5.69 Å². The van der Waals surface area contributed by atoms with Crippen LogP contribution in [0, 0.1) is 0 Å². The average molecular weight is 241 g/mol. The fourth-order valence-electron chi connectivity index (χ4n) is 1.21. The van der Waals surface area contributed by atoms with E-state index in [1.807, 2.05) is 19.3 Å². The average Bonchev–Trinajstić information content (AvgIpc) is 2.63. The maximum absolute atomic E-state index is 11.2. The largest absolute Gasteiger partial charge is 0.480 e. The number of aryl methyl sites for hydroxylation is 1. The van der Waals surface area contributed by atoms with Gasteiger partial charge in [0.25, 0.3) is 0 Å². The van der Waals surface area contributed by atoms with E-state index in [1.54, 1.807) is 4.68 Å². The monoisotopic (exact) mass is 241 g/mol. The predicted molar refractivity (Wildman–Crippen MR) is 58.4 cm³/mol. The summed E-state index contributed by atoms with van der Waals surface area (Å²) in [5, 5.41) is 15.0. The maximum atomic E-state index is 11.2. The third kappa shape index (κ3) is 5.67. The van der Waals surface area contributed by atoms with Crippen LogP contribution in [0.5, 0.6) is 0 Å². The Kier molecular flexibility index (Phi) is 5.15. The molecule has 0 fully saturated rings. The van der Waals surface area contributed by atoms with E-state index < -0.39 is 12.6 Å². The van der Waals surface area contributed by atoms with Crippen molar-refractivity contribution in [2.24, 2.45) is 7.05 Å². The molecular formula is C10H15N3O4. The highest BCUT2D eigenvalue weighted by Crippen LogP contribution is 1.93. The zero-order valence-corrected chi connectivity index (χ0v) is 9.55. The van der Waals surface area contributed by atoms with Crippen LogP contribution in [0.2, 0.25) is 0 Å². The van der Waals surface area contributed by atoms with Gasteiger partial charge >= 0.3 is 5.97 Å². The van der Waals surface area contributed by atoms with Gasteiger partial charge in [0, 0.05) is 26.2 Å². The molecule has 0 aliphatic rings. The molecule has 0 atom stereocenters. The third-order valence-electron chi connectivity index (χ3n) is 1.93. The first-order valence-electron chi connectivity index (χ1n) is 5.12. The molecule has 0 saturated carbocycles.